The van der Waals surface area contributed by atoms with Crippen LogP contribution in [0.1, 0.15) is 5.56 Å². The summed E-state index contributed by atoms with van der Waals surface area (Å²) in [5.74, 6) is -0.0750. The Morgan fingerprint density at radius 1 is 1.13 bits per heavy atom. The van der Waals surface area contributed by atoms with Crippen LogP contribution >= 0.6 is 15.9 Å². The number of methoxy groups -OCH3 is 1. The number of hydrogen-bond donors (Lipinski definition) is 2. The molecule has 1 amide bonds. The monoisotopic (exact) mass is 479 g/mol. The van der Waals surface area contributed by atoms with Crippen LogP contribution in [0.3, 0.4) is 0 Å². The lowest BCUT2D eigenvalue weighted by Crippen LogP contribution is -2.25. The summed E-state index contributed by atoms with van der Waals surface area (Å²) in [4.78, 5) is 25.4. The number of amides is 1. The number of pyridine rings is 1. The first-order chi connectivity index (χ1) is 15.0. The summed E-state index contributed by atoms with van der Waals surface area (Å²) in [5, 5.41) is 15.0. The van der Waals surface area contributed by atoms with Crippen molar-refractivity contribution >= 4 is 49.9 Å². The van der Waals surface area contributed by atoms with Crippen molar-refractivity contribution in [2.45, 2.75) is 6.54 Å². The molecule has 0 saturated carbocycles. The quantitative estimate of drug-likeness (QED) is 0.258. The normalized spacial score (nSPS) is 11.3. The van der Waals surface area contributed by atoms with E-state index in [-0.39, 0.29) is 29.4 Å². The molecule has 0 radical (unpaired) electrons. The molecule has 3 aromatic carbocycles. The van der Waals surface area contributed by atoms with Gasteiger partial charge in [-0.25, -0.2) is 5.43 Å². The van der Waals surface area contributed by atoms with Gasteiger partial charge in [0.15, 0.2) is 16.9 Å². The Balaban J connectivity index is 1.62. The number of phenolic OH excluding ortho intramolecular Hbond substituents is 1. The Labute approximate surface area is 185 Å². The lowest BCUT2D eigenvalue weighted by atomic mass is 10.1. The van der Waals surface area contributed by atoms with Crippen LogP contribution in [0, 0.1) is 0 Å². The minimum Gasteiger partial charge on any atom is -0.503 e. The number of para-hydroxylation sites is 2. The Kier molecular flexibility index (Phi) is 5.73. The summed E-state index contributed by atoms with van der Waals surface area (Å²) in [7, 11) is 1.45. The predicted molar refractivity (Wildman–Crippen MR) is 124 cm³/mol. The van der Waals surface area contributed by atoms with Crippen LogP contribution in [0.25, 0.3) is 21.8 Å². The minimum atomic E-state index is -0.347. The number of benzene rings is 3. The molecule has 156 valence electrons. The molecule has 0 spiro atoms. The van der Waals surface area contributed by atoms with E-state index in [1.165, 1.54) is 13.3 Å². The number of carbonyl (C=O) groups is 1. The second kappa shape index (κ2) is 8.61. The molecule has 31 heavy (non-hydrogen) atoms. The lowest BCUT2D eigenvalue weighted by Gasteiger charge is -2.14. The van der Waals surface area contributed by atoms with Gasteiger partial charge in [0.1, 0.15) is 6.54 Å². The summed E-state index contributed by atoms with van der Waals surface area (Å²) in [5.41, 5.74) is 4.43. The third-order valence-electron chi connectivity index (χ3n) is 4.85. The zero-order valence-corrected chi connectivity index (χ0v) is 18.1. The molecule has 2 N–H and O–H groups in total. The number of halogens is 1. The molecule has 0 saturated heterocycles. The van der Waals surface area contributed by atoms with Gasteiger partial charge in [-0.2, -0.15) is 5.10 Å². The van der Waals surface area contributed by atoms with Crippen molar-refractivity contribution in [3.63, 3.8) is 0 Å². The Morgan fingerprint density at radius 2 is 1.74 bits per heavy atom. The number of nitrogens with zero attached hydrogens (tertiary/aromatic N) is 2. The maximum atomic E-state index is 12.8. The van der Waals surface area contributed by atoms with Crippen LogP contribution in [0.5, 0.6) is 11.5 Å². The highest BCUT2D eigenvalue weighted by Crippen LogP contribution is 2.34. The van der Waals surface area contributed by atoms with E-state index in [2.05, 4.69) is 26.5 Å². The van der Waals surface area contributed by atoms with Crippen LogP contribution in [0.4, 0.5) is 0 Å². The molecule has 7 nitrogen and oxygen atoms in total. The number of phenols is 1. The zero-order valence-electron chi connectivity index (χ0n) is 16.5. The molecule has 1 heterocycles. The number of hydrazone groups is 1. The lowest BCUT2D eigenvalue weighted by molar-refractivity contribution is -0.121. The molecule has 0 fully saturated rings. The standard InChI is InChI=1S/C23H18BrN3O4/c1-31-20-11-14(10-17(24)23(20)30)12-25-26-21(28)13-27-18-8-4-2-6-15(18)22(29)16-7-3-5-9-19(16)27/h2-12,30H,13H2,1H3,(H,26,28)/b25-12-. The summed E-state index contributed by atoms with van der Waals surface area (Å²) in [6.07, 6.45) is 1.45. The van der Waals surface area contributed by atoms with Gasteiger partial charge < -0.3 is 14.4 Å². The van der Waals surface area contributed by atoms with Crippen LogP contribution in [0.15, 0.2) is 75.0 Å². The van der Waals surface area contributed by atoms with Gasteiger partial charge in [0.2, 0.25) is 0 Å². The minimum absolute atomic E-state index is 0.0127. The van der Waals surface area contributed by atoms with Gasteiger partial charge in [0, 0.05) is 10.8 Å². The third kappa shape index (κ3) is 4.02. The molecule has 8 heteroatoms. The fraction of sp³-hybridized carbons (Fsp3) is 0.0870. The zero-order chi connectivity index (χ0) is 22.0. The first-order valence-corrected chi connectivity index (χ1v) is 10.2. The van der Waals surface area contributed by atoms with Crippen molar-refractivity contribution in [2.75, 3.05) is 7.11 Å². The third-order valence-corrected chi connectivity index (χ3v) is 5.46. The maximum absolute atomic E-state index is 12.8. The maximum Gasteiger partial charge on any atom is 0.260 e. The van der Waals surface area contributed by atoms with Crippen molar-refractivity contribution in [1.82, 2.24) is 9.99 Å². The van der Waals surface area contributed by atoms with Crippen molar-refractivity contribution < 1.29 is 14.6 Å². The molecule has 0 atom stereocenters. The van der Waals surface area contributed by atoms with Crippen molar-refractivity contribution in [2.24, 2.45) is 5.10 Å². The van der Waals surface area contributed by atoms with Crippen LogP contribution < -0.4 is 15.6 Å². The number of nitrogens with one attached hydrogen (secondary N) is 1. The largest absolute Gasteiger partial charge is 0.503 e. The average Bonchev–Trinajstić information content (AvgIpc) is 2.79. The van der Waals surface area contributed by atoms with Gasteiger partial charge in [-0.15, -0.1) is 0 Å². The Morgan fingerprint density at radius 3 is 2.35 bits per heavy atom. The average molecular weight is 480 g/mol. The second-order valence-corrected chi connectivity index (χ2v) is 7.65. The first kappa shape index (κ1) is 20.6. The molecule has 1 aromatic heterocycles. The molecule has 0 bridgehead atoms. The summed E-state index contributed by atoms with van der Waals surface area (Å²) < 4.78 is 7.36. The van der Waals surface area contributed by atoms with Crippen LogP contribution in [-0.2, 0) is 11.3 Å². The molecular weight excluding hydrogens is 462 g/mol. The topological polar surface area (TPSA) is 92.9 Å². The molecule has 0 aliphatic carbocycles. The fourth-order valence-corrected chi connectivity index (χ4v) is 3.89. The highest BCUT2D eigenvalue weighted by Gasteiger charge is 2.12. The number of ether oxygens (including phenoxy) is 1. The van der Waals surface area contributed by atoms with Gasteiger partial charge in [-0.3, -0.25) is 9.59 Å². The van der Waals surface area contributed by atoms with Crippen LogP contribution in [0.2, 0.25) is 0 Å². The number of fused-ring (bicyclic) bond motifs is 2. The van der Waals surface area contributed by atoms with E-state index in [4.69, 9.17) is 4.74 Å². The van der Waals surface area contributed by atoms with Gasteiger partial charge >= 0.3 is 0 Å². The second-order valence-electron chi connectivity index (χ2n) is 6.80. The molecule has 0 aliphatic rings. The fourth-order valence-electron chi connectivity index (χ4n) is 3.43. The molecule has 4 aromatic rings. The van der Waals surface area contributed by atoms with E-state index in [0.29, 0.717) is 31.8 Å². The molecule has 0 unspecified atom stereocenters. The van der Waals surface area contributed by atoms with E-state index >= 15 is 0 Å². The molecule has 4 rings (SSSR count). The smallest absolute Gasteiger partial charge is 0.260 e. The van der Waals surface area contributed by atoms with Gasteiger partial charge in [0.05, 0.1) is 28.8 Å². The van der Waals surface area contributed by atoms with E-state index in [0.717, 1.165) is 0 Å². The van der Waals surface area contributed by atoms with Gasteiger partial charge in [-0.1, -0.05) is 24.3 Å². The van der Waals surface area contributed by atoms with E-state index < -0.39 is 0 Å². The Hall–Kier alpha value is -3.65. The highest BCUT2D eigenvalue weighted by atomic mass is 79.9. The summed E-state index contributed by atoms with van der Waals surface area (Å²) in [6, 6.07) is 17.7. The molecular formula is C23H18BrN3O4. The SMILES string of the molecule is COc1cc(/C=N\NC(=O)Cn2c3ccccc3c(=O)c3ccccc32)cc(Br)c1O. The van der Waals surface area contributed by atoms with Crippen molar-refractivity contribution in [1.29, 1.82) is 0 Å². The van der Waals surface area contributed by atoms with E-state index in [1.54, 1.807) is 41.0 Å². The number of hydrogen-bond acceptors (Lipinski definition) is 5. The number of aromatic hydroxyl groups is 1. The number of rotatable bonds is 5. The predicted octanol–water partition coefficient (Wildman–Crippen LogP) is 3.78. The Bertz CT molecular complexity index is 1340. The highest BCUT2D eigenvalue weighted by molar-refractivity contribution is 9.10. The van der Waals surface area contributed by atoms with Gasteiger partial charge in [-0.05, 0) is 57.9 Å². The van der Waals surface area contributed by atoms with E-state index in [1.807, 2.05) is 24.3 Å². The van der Waals surface area contributed by atoms with Crippen LogP contribution in [-0.4, -0.2) is 28.9 Å². The number of carbonyl (C=O) groups excluding carboxylic acids is 1. The summed E-state index contributed by atoms with van der Waals surface area (Å²) in [6.45, 7) is -0.0127. The molecule has 0 aliphatic heterocycles. The van der Waals surface area contributed by atoms with Crippen molar-refractivity contribution in [3.8, 4) is 11.5 Å². The van der Waals surface area contributed by atoms with E-state index in [9.17, 15) is 14.7 Å². The first-order valence-electron chi connectivity index (χ1n) is 9.38. The summed E-state index contributed by atoms with van der Waals surface area (Å²) >= 11 is 3.25. The van der Waals surface area contributed by atoms with Crippen molar-refractivity contribution in [3.05, 3.63) is 80.9 Å². The number of aromatic nitrogens is 1. The van der Waals surface area contributed by atoms with Gasteiger partial charge in [0.25, 0.3) is 5.91 Å².